The molecular weight excluding hydrogens is 254 g/mol. The van der Waals surface area contributed by atoms with Gasteiger partial charge in [-0.2, -0.15) is 14.4 Å². The van der Waals surface area contributed by atoms with Gasteiger partial charge in [0.25, 0.3) is 0 Å². The van der Waals surface area contributed by atoms with Crippen molar-refractivity contribution in [2.45, 2.75) is 6.92 Å². The van der Waals surface area contributed by atoms with Gasteiger partial charge < -0.3 is 9.64 Å². The summed E-state index contributed by atoms with van der Waals surface area (Å²) in [5, 5.41) is 0.378. The number of anilines is 1. The van der Waals surface area contributed by atoms with Crippen molar-refractivity contribution >= 4 is 16.7 Å². The number of fused-ring (bicyclic) bond motifs is 1. The molecule has 0 aromatic carbocycles. The number of methoxy groups -OCH3 is 1. The Balaban J connectivity index is 2.57. The highest BCUT2D eigenvalue weighted by Gasteiger charge is 2.16. The van der Waals surface area contributed by atoms with Crippen LogP contribution in [-0.4, -0.2) is 42.3 Å². The van der Waals surface area contributed by atoms with E-state index >= 15 is 0 Å². The van der Waals surface area contributed by atoms with Crippen molar-refractivity contribution in [2.75, 3.05) is 32.2 Å². The number of halogens is 2. The summed E-state index contributed by atoms with van der Waals surface area (Å²) < 4.78 is 32.3. The lowest BCUT2D eigenvalue weighted by Gasteiger charge is -2.19. The van der Waals surface area contributed by atoms with E-state index in [1.54, 1.807) is 19.1 Å². The Bertz CT molecular complexity index is 606. The molecule has 2 rings (SSSR count). The molecule has 0 saturated heterocycles. The molecule has 0 spiro atoms. The van der Waals surface area contributed by atoms with Gasteiger partial charge in [0.1, 0.15) is 11.3 Å². The van der Waals surface area contributed by atoms with Crippen molar-refractivity contribution in [3.05, 3.63) is 23.8 Å². The van der Waals surface area contributed by atoms with Crippen LogP contribution in [0.4, 0.5) is 14.6 Å². The summed E-state index contributed by atoms with van der Waals surface area (Å²) in [6.07, 6.45) is 0.488. The Morgan fingerprint density at radius 2 is 2.05 bits per heavy atom. The summed E-state index contributed by atoms with van der Waals surface area (Å²) >= 11 is 0. The van der Waals surface area contributed by atoms with Crippen LogP contribution in [0, 0.1) is 18.8 Å². The molecule has 0 aliphatic heterocycles. The van der Waals surface area contributed by atoms with Crippen molar-refractivity contribution in [3.63, 3.8) is 0 Å². The molecule has 0 aliphatic carbocycles. The maximum absolute atomic E-state index is 13.9. The van der Waals surface area contributed by atoms with E-state index in [1.165, 1.54) is 13.1 Å². The van der Waals surface area contributed by atoms with E-state index in [2.05, 4.69) is 15.0 Å². The molecular formula is C12H14F2N4O. The van der Waals surface area contributed by atoms with Crippen LogP contribution in [0.1, 0.15) is 5.69 Å². The molecule has 0 fully saturated rings. The largest absolute Gasteiger partial charge is 0.383 e. The predicted octanol–water partition coefficient (Wildman–Crippen LogP) is 1.69. The Kier molecular flexibility index (Phi) is 3.84. The molecule has 7 heteroatoms. The molecule has 0 saturated carbocycles. The maximum Gasteiger partial charge on any atom is 0.311 e. The molecule has 102 valence electrons. The fourth-order valence-corrected chi connectivity index (χ4v) is 1.73. The van der Waals surface area contributed by atoms with Crippen LogP contribution in [-0.2, 0) is 4.74 Å². The quantitative estimate of drug-likeness (QED) is 0.790. The van der Waals surface area contributed by atoms with Gasteiger partial charge in [0.15, 0.2) is 5.82 Å². The third-order valence-corrected chi connectivity index (χ3v) is 2.80. The van der Waals surface area contributed by atoms with Gasteiger partial charge in [0, 0.05) is 26.9 Å². The Morgan fingerprint density at radius 1 is 1.32 bits per heavy atom. The number of nitrogens with zero attached hydrogens (tertiary/aromatic N) is 4. The summed E-state index contributed by atoms with van der Waals surface area (Å²) in [4.78, 5) is 12.8. The van der Waals surface area contributed by atoms with Gasteiger partial charge in [0.2, 0.25) is 0 Å². The van der Waals surface area contributed by atoms with Crippen LogP contribution in [0.2, 0.25) is 0 Å². The zero-order valence-electron chi connectivity index (χ0n) is 10.9. The predicted molar refractivity (Wildman–Crippen MR) is 67.1 cm³/mol. The second-order valence-corrected chi connectivity index (χ2v) is 4.15. The average Bonchev–Trinajstić information content (AvgIpc) is 2.40. The van der Waals surface area contributed by atoms with Crippen LogP contribution >= 0.6 is 0 Å². The van der Waals surface area contributed by atoms with E-state index < -0.39 is 11.9 Å². The highest BCUT2D eigenvalue weighted by Crippen LogP contribution is 2.25. The van der Waals surface area contributed by atoms with E-state index in [1.807, 2.05) is 0 Å². The maximum atomic E-state index is 13.9. The molecule has 0 amide bonds. The molecule has 0 aliphatic rings. The van der Waals surface area contributed by atoms with Crippen molar-refractivity contribution < 1.29 is 13.5 Å². The number of pyridine rings is 1. The molecule has 0 N–H and O–H groups in total. The smallest absolute Gasteiger partial charge is 0.311 e. The average molecular weight is 268 g/mol. The third kappa shape index (κ3) is 2.60. The van der Waals surface area contributed by atoms with Crippen molar-refractivity contribution in [1.82, 2.24) is 15.0 Å². The lowest BCUT2D eigenvalue weighted by atomic mass is 10.2. The summed E-state index contributed by atoms with van der Waals surface area (Å²) in [7, 11) is 3.29. The van der Waals surface area contributed by atoms with Gasteiger partial charge in [-0.1, -0.05) is 0 Å². The molecule has 0 bridgehead atoms. The van der Waals surface area contributed by atoms with Gasteiger partial charge in [-0.25, -0.2) is 4.39 Å². The topological polar surface area (TPSA) is 51.1 Å². The second-order valence-electron chi connectivity index (χ2n) is 4.15. The van der Waals surface area contributed by atoms with Crippen LogP contribution in [0.3, 0.4) is 0 Å². The van der Waals surface area contributed by atoms with E-state index in [-0.39, 0.29) is 11.2 Å². The van der Waals surface area contributed by atoms with Crippen LogP contribution < -0.4 is 4.90 Å². The van der Waals surface area contributed by atoms with E-state index in [0.717, 1.165) is 0 Å². The first-order chi connectivity index (χ1) is 9.04. The number of hydrogen-bond acceptors (Lipinski definition) is 5. The second kappa shape index (κ2) is 5.40. The molecule has 2 aromatic rings. The molecule has 0 unspecified atom stereocenters. The molecule has 2 aromatic heterocycles. The first-order valence-corrected chi connectivity index (χ1v) is 5.73. The normalized spacial score (nSPS) is 11.0. The van der Waals surface area contributed by atoms with Gasteiger partial charge in [-0.3, -0.25) is 4.98 Å². The standard InChI is InChI=1S/C12H14F2N4O/c1-7-9(13)10-8(6-15-7)11(17-12(14)16-10)18(2)4-5-19-3/h6H,4-5H2,1-3H3. The Hall–Kier alpha value is -1.89. The SMILES string of the molecule is COCCN(C)c1nc(F)nc2c(F)c(C)ncc12. The number of likely N-dealkylation sites (N-methyl/N-ethyl adjacent to an activating group) is 1. The number of aryl methyl sites for hydroxylation is 1. The van der Waals surface area contributed by atoms with Gasteiger partial charge in [-0.15, -0.1) is 0 Å². The van der Waals surface area contributed by atoms with E-state index in [0.29, 0.717) is 24.4 Å². The number of aromatic nitrogens is 3. The van der Waals surface area contributed by atoms with E-state index in [9.17, 15) is 8.78 Å². The van der Waals surface area contributed by atoms with Gasteiger partial charge in [0.05, 0.1) is 17.7 Å². The minimum absolute atomic E-state index is 0.0562. The minimum Gasteiger partial charge on any atom is -0.383 e. The van der Waals surface area contributed by atoms with Crippen molar-refractivity contribution in [1.29, 1.82) is 0 Å². The minimum atomic E-state index is -0.962. The summed E-state index contributed by atoms with van der Waals surface area (Å²) in [5.74, 6) is -0.328. The molecule has 2 heterocycles. The Morgan fingerprint density at radius 3 is 2.74 bits per heavy atom. The number of ether oxygens (including phenoxy) is 1. The van der Waals surface area contributed by atoms with Crippen LogP contribution in [0.15, 0.2) is 6.20 Å². The third-order valence-electron chi connectivity index (χ3n) is 2.80. The fourth-order valence-electron chi connectivity index (χ4n) is 1.73. The molecule has 19 heavy (non-hydrogen) atoms. The van der Waals surface area contributed by atoms with Crippen molar-refractivity contribution in [3.8, 4) is 0 Å². The summed E-state index contributed by atoms with van der Waals surface area (Å²) in [5.41, 5.74) is 0.121. The lowest BCUT2D eigenvalue weighted by molar-refractivity contribution is 0.206. The lowest BCUT2D eigenvalue weighted by Crippen LogP contribution is -2.24. The zero-order chi connectivity index (χ0) is 14.0. The highest BCUT2D eigenvalue weighted by molar-refractivity contribution is 5.89. The summed E-state index contributed by atoms with van der Waals surface area (Å²) in [6.45, 7) is 2.45. The first kappa shape index (κ1) is 13.5. The monoisotopic (exact) mass is 268 g/mol. The van der Waals surface area contributed by atoms with Crippen molar-refractivity contribution in [2.24, 2.45) is 0 Å². The van der Waals surface area contributed by atoms with Gasteiger partial charge >= 0.3 is 6.08 Å². The fraction of sp³-hybridized carbons (Fsp3) is 0.417. The van der Waals surface area contributed by atoms with Gasteiger partial charge in [-0.05, 0) is 6.92 Å². The molecule has 5 nitrogen and oxygen atoms in total. The van der Waals surface area contributed by atoms with Crippen LogP contribution in [0.5, 0.6) is 0 Å². The summed E-state index contributed by atoms with van der Waals surface area (Å²) in [6, 6.07) is 0. The first-order valence-electron chi connectivity index (χ1n) is 5.73. The number of rotatable bonds is 4. The van der Waals surface area contributed by atoms with Crippen LogP contribution in [0.25, 0.3) is 10.9 Å². The highest BCUT2D eigenvalue weighted by atomic mass is 19.1. The Labute approximate surface area is 109 Å². The zero-order valence-corrected chi connectivity index (χ0v) is 10.9. The molecule has 0 atom stereocenters. The molecule has 0 radical (unpaired) electrons. The van der Waals surface area contributed by atoms with E-state index in [4.69, 9.17) is 4.74 Å². The number of hydrogen-bond donors (Lipinski definition) is 0.